The van der Waals surface area contributed by atoms with Gasteiger partial charge in [-0.25, -0.2) is 0 Å². The van der Waals surface area contributed by atoms with Gasteiger partial charge in [0.15, 0.2) is 0 Å². The van der Waals surface area contributed by atoms with E-state index >= 15 is 0 Å². The number of likely N-dealkylation sites (tertiary alicyclic amines) is 1. The van der Waals surface area contributed by atoms with E-state index in [4.69, 9.17) is 5.11 Å². The summed E-state index contributed by atoms with van der Waals surface area (Å²) in [5.41, 5.74) is 0. The van der Waals surface area contributed by atoms with Gasteiger partial charge in [0.25, 0.3) is 0 Å². The van der Waals surface area contributed by atoms with Crippen molar-refractivity contribution in [1.29, 1.82) is 0 Å². The molecule has 0 radical (unpaired) electrons. The molecule has 2 aliphatic rings. The molecule has 0 saturated carbocycles. The van der Waals surface area contributed by atoms with Gasteiger partial charge in [-0.05, 0) is 25.3 Å². The van der Waals surface area contributed by atoms with Crippen molar-refractivity contribution in [2.24, 2.45) is 17.8 Å². The van der Waals surface area contributed by atoms with Crippen molar-refractivity contribution in [1.82, 2.24) is 10.2 Å². The molecule has 2 unspecified atom stereocenters. The van der Waals surface area contributed by atoms with Crippen molar-refractivity contribution in [2.75, 3.05) is 26.2 Å². The standard InChI is InChI=1S/C12H20N2O3/c1-8-5-13-6-10(8)11(15)14-4-2-3-9(7-14)12(16)17/h8-10,13H,2-7H2,1H3,(H,16,17)/t8?,9-,10?/m0/s1. The highest BCUT2D eigenvalue weighted by molar-refractivity contribution is 5.81. The normalized spacial score (nSPS) is 33.7. The highest BCUT2D eigenvalue weighted by Gasteiger charge is 2.35. The zero-order chi connectivity index (χ0) is 12.4. The molecule has 0 spiro atoms. The summed E-state index contributed by atoms with van der Waals surface area (Å²) in [6.45, 7) is 4.78. The molecule has 5 heteroatoms. The molecule has 0 aliphatic carbocycles. The zero-order valence-electron chi connectivity index (χ0n) is 10.2. The second-order valence-electron chi connectivity index (χ2n) is 5.20. The maximum absolute atomic E-state index is 12.3. The van der Waals surface area contributed by atoms with Gasteiger partial charge in [-0.1, -0.05) is 6.92 Å². The van der Waals surface area contributed by atoms with Crippen molar-refractivity contribution in [3.8, 4) is 0 Å². The molecule has 2 fully saturated rings. The molecule has 17 heavy (non-hydrogen) atoms. The van der Waals surface area contributed by atoms with Crippen molar-refractivity contribution in [3.05, 3.63) is 0 Å². The Bertz CT molecular complexity index is 319. The van der Waals surface area contributed by atoms with Gasteiger partial charge < -0.3 is 15.3 Å². The molecule has 2 rings (SSSR count). The topological polar surface area (TPSA) is 69.6 Å². The van der Waals surface area contributed by atoms with E-state index < -0.39 is 5.97 Å². The maximum atomic E-state index is 12.3. The number of nitrogens with one attached hydrogen (secondary N) is 1. The Morgan fingerprint density at radius 2 is 2.12 bits per heavy atom. The molecule has 0 bridgehead atoms. The number of nitrogens with zero attached hydrogens (tertiary/aromatic N) is 1. The molecular formula is C12H20N2O3. The molecular weight excluding hydrogens is 220 g/mol. The Morgan fingerprint density at radius 3 is 2.71 bits per heavy atom. The largest absolute Gasteiger partial charge is 0.481 e. The average molecular weight is 240 g/mol. The van der Waals surface area contributed by atoms with E-state index in [1.807, 2.05) is 0 Å². The Morgan fingerprint density at radius 1 is 1.35 bits per heavy atom. The fourth-order valence-corrected chi connectivity index (χ4v) is 2.75. The van der Waals surface area contributed by atoms with Gasteiger partial charge in [-0.3, -0.25) is 9.59 Å². The molecule has 0 aromatic heterocycles. The third-order valence-corrected chi connectivity index (χ3v) is 3.92. The molecule has 2 N–H and O–H groups in total. The van der Waals surface area contributed by atoms with E-state index in [0.717, 1.165) is 19.5 Å². The lowest BCUT2D eigenvalue weighted by Gasteiger charge is -2.33. The van der Waals surface area contributed by atoms with Crippen molar-refractivity contribution in [2.45, 2.75) is 19.8 Å². The van der Waals surface area contributed by atoms with E-state index in [1.165, 1.54) is 0 Å². The highest BCUT2D eigenvalue weighted by atomic mass is 16.4. The van der Waals surface area contributed by atoms with Crippen LogP contribution in [0.5, 0.6) is 0 Å². The van der Waals surface area contributed by atoms with Crippen LogP contribution in [0.3, 0.4) is 0 Å². The fourth-order valence-electron chi connectivity index (χ4n) is 2.75. The summed E-state index contributed by atoms with van der Waals surface area (Å²) in [6.07, 6.45) is 1.49. The predicted octanol–water partition coefficient (Wildman–Crippen LogP) is 0.165. The van der Waals surface area contributed by atoms with Crippen LogP contribution >= 0.6 is 0 Å². The van der Waals surface area contributed by atoms with Crippen LogP contribution < -0.4 is 5.32 Å². The molecule has 5 nitrogen and oxygen atoms in total. The van der Waals surface area contributed by atoms with Gasteiger partial charge in [0.1, 0.15) is 0 Å². The second kappa shape index (κ2) is 5.04. The van der Waals surface area contributed by atoms with E-state index in [-0.39, 0.29) is 17.7 Å². The first-order valence-corrected chi connectivity index (χ1v) is 6.32. The first-order valence-electron chi connectivity index (χ1n) is 6.32. The minimum atomic E-state index is -0.778. The number of carboxylic acid groups (broad SMARTS) is 1. The van der Waals surface area contributed by atoms with Gasteiger partial charge in [-0.15, -0.1) is 0 Å². The number of piperidine rings is 1. The van der Waals surface area contributed by atoms with Crippen LogP contribution in [0.1, 0.15) is 19.8 Å². The van der Waals surface area contributed by atoms with Crippen LogP contribution in [0, 0.1) is 17.8 Å². The molecule has 96 valence electrons. The fraction of sp³-hybridized carbons (Fsp3) is 0.833. The van der Waals surface area contributed by atoms with E-state index in [9.17, 15) is 9.59 Å². The van der Waals surface area contributed by atoms with Gasteiger partial charge in [0, 0.05) is 19.6 Å². The third-order valence-electron chi connectivity index (χ3n) is 3.92. The molecule has 0 aromatic rings. The molecule has 2 aliphatic heterocycles. The predicted molar refractivity (Wildman–Crippen MR) is 62.5 cm³/mol. The number of amides is 1. The number of carbonyl (C=O) groups excluding carboxylic acids is 1. The molecule has 3 atom stereocenters. The Labute approximate surface area is 101 Å². The van der Waals surface area contributed by atoms with Crippen molar-refractivity contribution in [3.63, 3.8) is 0 Å². The minimum absolute atomic E-state index is 0.0301. The SMILES string of the molecule is CC1CNCC1C(=O)N1CCC[C@H](C(=O)O)C1. The van der Waals surface area contributed by atoms with Crippen LogP contribution in [-0.2, 0) is 9.59 Å². The molecule has 0 aromatic carbocycles. The average Bonchev–Trinajstić information content (AvgIpc) is 2.74. The molecule has 1 amide bonds. The Kier molecular flexibility index (Phi) is 3.66. The highest BCUT2D eigenvalue weighted by Crippen LogP contribution is 2.23. The van der Waals surface area contributed by atoms with Gasteiger partial charge in [0.2, 0.25) is 5.91 Å². The van der Waals surface area contributed by atoms with E-state index in [0.29, 0.717) is 25.4 Å². The van der Waals surface area contributed by atoms with Gasteiger partial charge >= 0.3 is 5.97 Å². The van der Waals surface area contributed by atoms with E-state index in [1.54, 1.807) is 4.90 Å². The quantitative estimate of drug-likeness (QED) is 0.721. The first-order chi connectivity index (χ1) is 8.09. The first kappa shape index (κ1) is 12.4. The lowest BCUT2D eigenvalue weighted by molar-refractivity contribution is -0.146. The summed E-state index contributed by atoms with van der Waals surface area (Å²) >= 11 is 0. The monoisotopic (exact) mass is 240 g/mol. The van der Waals surface area contributed by atoms with E-state index in [2.05, 4.69) is 12.2 Å². The Balaban J connectivity index is 1.97. The number of hydrogen-bond acceptors (Lipinski definition) is 3. The third kappa shape index (κ3) is 2.60. The van der Waals surface area contributed by atoms with Crippen LogP contribution in [0.15, 0.2) is 0 Å². The van der Waals surface area contributed by atoms with Crippen molar-refractivity contribution < 1.29 is 14.7 Å². The molecule has 2 heterocycles. The summed E-state index contributed by atoms with van der Waals surface area (Å²) in [5, 5.41) is 12.2. The summed E-state index contributed by atoms with van der Waals surface area (Å²) in [6, 6.07) is 0. The minimum Gasteiger partial charge on any atom is -0.481 e. The summed E-state index contributed by atoms with van der Waals surface area (Å²) < 4.78 is 0. The zero-order valence-corrected chi connectivity index (χ0v) is 10.2. The maximum Gasteiger partial charge on any atom is 0.308 e. The summed E-state index contributed by atoms with van der Waals surface area (Å²) in [7, 11) is 0. The number of carboxylic acids is 1. The number of carbonyl (C=O) groups is 2. The van der Waals surface area contributed by atoms with Gasteiger partial charge in [-0.2, -0.15) is 0 Å². The van der Waals surface area contributed by atoms with Crippen LogP contribution in [-0.4, -0.2) is 48.1 Å². The number of hydrogen-bond donors (Lipinski definition) is 2. The smallest absolute Gasteiger partial charge is 0.308 e. The second-order valence-corrected chi connectivity index (χ2v) is 5.20. The lowest BCUT2D eigenvalue weighted by atomic mass is 9.93. The van der Waals surface area contributed by atoms with Crippen LogP contribution in [0.25, 0.3) is 0 Å². The molecule has 2 saturated heterocycles. The van der Waals surface area contributed by atoms with Crippen molar-refractivity contribution >= 4 is 11.9 Å². The summed E-state index contributed by atoms with van der Waals surface area (Å²) in [4.78, 5) is 25.0. The lowest BCUT2D eigenvalue weighted by Crippen LogP contribution is -2.46. The number of aliphatic carboxylic acids is 1. The van der Waals surface area contributed by atoms with Crippen LogP contribution in [0.2, 0.25) is 0 Å². The van der Waals surface area contributed by atoms with Gasteiger partial charge in [0.05, 0.1) is 11.8 Å². The summed E-state index contributed by atoms with van der Waals surface area (Å²) in [5.74, 6) is -0.638. The number of rotatable bonds is 2. The van der Waals surface area contributed by atoms with Crippen LogP contribution in [0.4, 0.5) is 0 Å². The Hall–Kier alpha value is -1.10.